The third-order valence-corrected chi connectivity index (χ3v) is 4.84. The number of hydrogen-bond donors (Lipinski definition) is 1. The molecule has 3 nitrogen and oxygen atoms in total. The van der Waals surface area contributed by atoms with E-state index in [-0.39, 0.29) is 12.1 Å². The Kier molecular flexibility index (Phi) is 4.22. The Morgan fingerprint density at radius 2 is 2.32 bits per heavy atom. The summed E-state index contributed by atoms with van der Waals surface area (Å²) in [7, 11) is 0. The zero-order valence-electron chi connectivity index (χ0n) is 10.7. The first-order valence-electron chi connectivity index (χ1n) is 6.63. The lowest BCUT2D eigenvalue weighted by Crippen LogP contribution is -2.42. The fourth-order valence-electron chi connectivity index (χ4n) is 2.64. The zero-order chi connectivity index (χ0) is 13.2. The highest BCUT2D eigenvalue weighted by Gasteiger charge is 2.25. The lowest BCUT2D eigenvalue weighted by molar-refractivity contribution is 0.0570. The molecule has 0 aromatic heterocycles. The maximum atomic E-state index is 6.29. The van der Waals surface area contributed by atoms with Crippen LogP contribution in [-0.4, -0.2) is 36.9 Å². The second kappa shape index (κ2) is 5.92. The summed E-state index contributed by atoms with van der Waals surface area (Å²) in [6.45, 7) is 1.54. The number of halogens is 1. The molecule has 0 spiro atoms. The zero-order valence-corrected chi connectivity index (χ0v) is 12.3. The van der Waals surface area contributed by atoms with Gasteiger partial charge in [-0.1, -0.05) is 11.6 Å². The standard InChI is InChI=1S/C14H18ClNO2S/c15-11-5-9-1-2-18-14(9)10(6-11)7-12(16)13-8-19-4-3-17-13/h5-6,12-13H,1-4,7-8,16H2. The molecule has 2 atom stereocenters. The number of rotatable bonds is 3. The summed E-state index contributed by atoms with van der Waals surface area (Å²) in [6, 6.07) is 3.97. The van der Waals surface area contributed by atoms with Crippen molar-refractivity contribution >= 4 is 23.4 Å². The van der Waals surface area contributed by atoms with Gasteiger partial charge in [-0.3, -0.25) is 0 Å². The predicted octanol–water partition coefficient (Wildman–Crippen LogP) is 2.28. The molecular weight excluding hydrogens is 282 g/mol. The summed E-state index contributed by atoms with van der Waals surface area (Å²) >= 11 is 8.07. The molecule has 0 bridgehead atoms. The largest absolute Gasteiger partial charge is 0.493 e. The summed E-state index contributed by atoms with van der Waals surface area (Å²) in [6.07, 6.45) is 1.83. The Bertz CT molecular complexity index is 463. The maximum Gasteiger partial charge on any atom is 0.125 e. The van der Waals surface area contributed by atoms with Crippen LogP contribution in [0.25, 0.3) is 0 Å². The molecule has 1 saturated heterocycles. The first kappa shape index (κ1) is 13.6. The van der Waals surface area contributed by atoms with Crippen LogP contribution < -0.4 is 10.5 Å². The smallest absolute Gasteiger partial charge is 0.125 e. The third-order valence-electron chi connectivity index (χ3n) is 3.60. The summed E-state index contributed by atoms with van der Waals surface area (Å²) < 4.78 is 11.5. The van der Waals surface area contributed by atoms with Gasteiger partial charge in [0.15, 0.2) is 0 Å². The van der Waals surface area contributed by atoms with Crippen molar-refractivity contribution in [2.24, 2.45) is 5.73 Å². The van der Waals surface area contributed by atoms with Gasteiger partial charge in [-0.05, 0) is 29.7 Å². The third kappa shape index (κ3) is 3.02. The van der Waals surface area contributed by atoms with E-state index in [1.54, 1.807) is 0 Å². The molecule has 2 aliphatic rings. The van der Waals surface area contributed by atoms with Crippen LogP contribution in [0.4, 0.5) is 0 Å². The Morgan fingerprint density at radius 1 is 1.42 bits per heavy atom. The minimum absolute atomic E-state index is 0.000401. The van der Waals surface area contributed by atoms with Gasteiger partial charge in [-0.25, -0.2) is 0 Å². The molecule has 1 aromatic carbocycles. The van der Waals surface area contributed by atoms with Gasteiger partial charge in [-0.2, -0.15) is 11.8 Å². The van der Waals surface area contributed by atoms with E-state index in [0.717, 1.165) is 53.9 Å². The van der Waals surface area contributed by atoms with Crippen LogP contribution in [0, 0.1) is 0 Å². The van der Waals surface area contributed by atoms with E-state index in [1.807, 2.05) is 23.9 Å². The monoisotopic (exact) mass is 299 g/mol. The highest BCUT2D eigenvalue weighted by Crippen LogP contribution is 2.34. The van der Waals surface area contributed by atoms with Crippen molar-refractivity contribution in [3.63, 3.8) is 0 Å². The van der Waals surface area contributed by atoms with Gasteiger partial charge in [0.25, 0.3) is 0 Å². The van der Waals surface area contributed by atoms with Gasteiger partial charge >= 0.3 is 0 Å². The Labute approximate surface area is 122 Å². The van der Waals surface area contributed by atoms with Crippen molar-refractivity contribution in [3.05, 3.63) is 28.3 Å². The molecule has 2 heterocycles. The van der Waals surface area contributed by atoms with Gasteiger partial charge in [0.2, 0.25) is 0 Å². The second-order valence-corrected chi connectivity index (χ2v) is 6.59. The molecule has 2 N–H and O–H groups in total. The summed E-state index contributed by atoms with van der Waals surface area (Å²) in [5, 5.41) is 0.769. The molecule has 0 radical (unpaired) electrons. The van der Waals surface area contributed by atoms with E-state index < -0.39 is 0 Å². The summed E-state index contributed by atoms with van der Waals surface area (Å²) in [5.74, 6) is 3.03. The Morgan fingerprint density at radius 3 is 3.11 bits per heavy atom. The van der Waals surface area contributed by atoms with Gasteiger partial charge in [0, 0.05) is 29.0 Å². The van der Waals surface area contributed by atoms with Crippen molar-refractivity contribution < 1.29 is 9.47 Å². The quantitative estimate of drug-likeness (QED) is 0.930. The molecule has 3 rings (SSSR count). The van der Waals surface area contributed by atoms with Crippen LogP contribution >= 0.6 is 23.4 Å². The molecule has 19 heavy (non-hydrogen) atoms. The predicted molar refractivity (Wildman–Crippen MR) is 79.4 cm³/mol. The van der Waals surface area contributed by atoms with Crippen molar-refractivity contribution in [3.8, 4) is 5.75 Å². The second-order valence-electron chi connectivity index (χ2n) is 5.00. The molecular formula is C14H18ClNO2S. The van der Waals surface area contributed by atoms with Gasteiger partial charge in [0.05, 0.1) is 19.3 Å². The van der Waals surface area contributed by atoms with Crippen molar-refractivity contribution in [2.45, 2.75) is 25.0 Å². The maximum absolute atomic E-state index is 6.29. The normalized spacial score (nSPS) is 23.8. The highest BCUT2D eigenvalue weighted by atomic mass is 35.5. The fourth-order valence-corrected chi connectivity index (χ4v) is 3.86. The number of fused-ring (bicyclic) bond motifs is 1. The van der Waals surface area contributed by atoms with E-state index in [9.17, 15) is 0 Å². The molecule has 5 heteroatoms. The first-order valence-corrected chi connectivity index (χ1v) is 8.16. The number of thioether (sulfide) groups is 1. The van der Waals surface area contributed by atoms with Crippen LogP contribution in [0.15, 0.2) is 12.1 Å². The minimum Gasteiger partial charge on any atom is -0.493 e. The fraction of sp³-hybridized carbons (Fsp3) is 0.571. The number of hydrogen-bond acceptors (Lipinski definition) is 4. The van der Waals surface area contributed by atoms with E-state index in [1.165, 1.54) is 5.56 Å². The minimum atomic E-state index is -0.000401. The molecule has 0 amide bonds. The van der Waals surface area contributed by atoms with E-state index in [0.29, 0.717) is 0 Å². The average molecular weight is 300 g/mol. The number of ether oxygens (including phenoxy) is 2. The van der Waals surface area contributed by atoms with Crippen LogP contribution in [0.3, 0.4) is 0 Å². The van der Waals surface area contributed by atoms with E-state index >= 15 is 0 Å². The lowest BCUT2D eigenvalue weighted by atomic mass is 9.99. The Hall–Kier alpha value is -0.420. The van der Waals surface area contributed by atoms with Crippen molar-refractivity contribution in [1.29, 1.82) is 0 Å². The van der Waals surface area contributed by atoms with Crippen molar-refractivity contribution in [1.82, 2.24) is 0 Å². The average Bonchev–Trinajstić information content (AvgIpc) is 2.88. The van der Waals surface area contributed by atoms with Gasteiger partial charge < -0.3 is 15.2 Å². The molecule has 0 saturated carbocycles. The lowest BCUT2D eigenvalue weighted by Gasteiger charge is -2.28. The van der Waals surface area contributed by atoms with Crippen LogP contribution in [0.2, 0.25) is 5.02 Å². The first-order chi connectivity index (χ1) is 9.24. The molecule has 104 valence electrons. The molecule has 2 aliphatic heterocycles. The number of nitrogens with two attached hydrogens (primary N) is 1. The van der Waals surface area contributed by atoms with Gasteiger partial charge in [0.1, 0.15) is 5.75 Å². The number of benzene rings is 1. The molecule has 1 aromatic rings. The SMILES string of the molecule is NC(Cc1cc(Cl)cc2c1OCC2)C1CSCCO1. The van der Waals surface area contributed by atoms with Crippen LogP contribution in [0.1, 0.15) is 11.1 Å². The molecule has 1 fully saturated rings. The van der Waals surface area contributed by atoms with Crippen molar-refractivity contribution in [2.75, 3.05) is 24.7 Å². The van der Waals surface area contributed by atoms with E-state index in [2.05, 4.69) is 0 Å². The summed E-state index contributed by atoms with van der Waals surface area (Å²) in [5.41, 5.74) is 8.61. The molecule has 2 unspecified atom stereocenters. The van der Waals surface area contributed by atoms with Crippen LogP contribution in [-0.2, 0) is 17.6 Å². The highest BCUT2D eigenvalue weighted by molar-refractivity contribution is 7.99. The molecule has 0 aliphatic carbocycles. The van der Waals surface area contributed by atoms with Crippen LogP contribution in [0.5, 0.6) is 5.75 Å². The summed E-state index contributed by atoms with van der Waals surface area (Å²) in [4.78, 5) is 0. The Balaban J connectivity index is 1.75. The van der Waals surface area contributed by atoms with E-state index in [4.69, 9.17) is 26.8 Å². The topological polar surface area (TPSA) is 44.5 Å². The van der Waals surface area contributed by atoms with Gasteiger partial charge in [-0.15, -0.1) is 0 Å².